The first kappa shape index (κ1) is 16.5. The van der Waals surface area contributed by atoms with Crippen LogP contribution in [0.1, 0.15) is 25.8 Å². The third-order valence-electron chi connectivity index (χ3n) is 3.81. The molecule has 0 bridgehead atoms. The molecule has 0 aromatic heterocycles. The molecule has 0 amide bonds. The molecule has 2 rings (SSSR count). The number of hydrogen-bond donors (Lipinski definition) is 0. The molecule has 0 spiro atoms. The SMILES string of the molecule is C/C=C/C[C@@H]1CN(S(=O)(=O)c2ccc(C)cc2)C=C1C(C)=O. The zero-order valence-electron chi connectivity index (χ0n) is 13.1. The molecule has 1 aromatic carbocycles. The molecular formula is C17H21NO3S. The molecule has 1 heterocycles. The van der Waals surface area contributed by atoms with Crippen LogP contribution in [0.4, 0.5) is 0 Å². The van der Waals surface area contributed by atoms with Crippen molar-refractivity contribution in [2.45, 2.75) is 32.1 Å². The summed E-state index contributed by atoms with van der Waals surface area (Å²) in [5, 5.41) is 0. The summed E-state index contributed by atoms with van der Waals surface area (Å²) in [6.07, 6.45) is 6.03. The Bertz CT molecular complexity index is 715. The highest BCUT2D eigenvalue weighted by molar-refractivity contribution is 7.89. The Kier molecular flexibility index (Phi) is 4.86. The summed E-state index contributed by atoms with van der Waals surface area (Å²) in [5.41, 5.74) is 1.58. The molecule has 0 fully saturated rings. The second-order valence-corrected chi connectivity index (χ2v) is 7.42. The van der Waals surface area contributed by atoms with Gasteiger partial charge in [-0.1, -0.05) is 29.8 Å². The Morgan fingerprint density at radius 2 is 1.95 bits per heavy atom. The molecule has 0 aliphatic carbocycles. The fourth-order valence-corrected chi connectivity index (χ4v) is 3.90. The van der Waals surface area contributed by atoms with Gasteiger partial charge in [0.15, 0.2) is 5.78 Å². The zero-order valence-corrected chi connectivity index (χ0v) is 13.9. The van der Waals surface area contributed by atoms with Gasteiger partial charge in [-0.25, -0.2) is 8.42 Å². The number of aryl methyl sites for hydroxylation is 1. The number of Topliss-reactive ketones (excluding diaryl/α,β-unsaturated/α-hetero) is 1. The van der Waals surface area contributed by atoms with Gasteiger partial charge in [0, 0.05) is 24.2 Å². The Morgan fingerprint density at radius 3 is 2.50 bits per heavy atom. The molecule has 5 heteroatoms. The Labute approximate surface area is 132 Å². The monoisotopic (exact) mass is 319 g/mol. The van der Waals surface area contributed by atoms with Crippen LogP contribution in [0.25, 0.3) is 0 Å². The number of hydrogen-bond acceptors (Lipinski definition) is 3. The molecule has 22 heavy (non-hydrogen) atoms. The van der Waals surface area contributed by atoms with Gasteiger partial charge in [-0.15, -0.1) is 0 Å². The fourth-order valence-electron chi connectivity index (χ4n) is 2.52. The molecule has 118 valence electrons. The number of ketones is 1. The number of nitrogens with zero attached hydrogens (tertiary/aromatic N) is 1. The molecule has 0 saturated carbocycles. The fraction of sp³-hybridized carbons (Fsp3) is 0.353. The first-order valence-electron chi connectivity index (χ1n) is 7.28. The first-order chi connectivity index (χ1) is 10.4. The van der Waals surface area contributed by atoms with Crippen molar-refractivity contribution in [2.75, 3.05) is 6.54 Å². The first-order valence-corrected chi connectivity index (χ1v) is 8.72. The summed E-state index contributed by atoms with van der Waals surface area (Å²) in [7, 11) is -3.60. The van der Waals surface area contributed by atoms with Crippen molar-refractivity contribution >= 4 is 15.8 Å². The number of benzene rings is 1. The van der Waals surface area contributed by atoms with E-state index >= 15 is 0 Å². The molecule has 0 saturated heterocycles. The van der Waals surface area contributed by atoms with Crippen LogP contribution in [0.5, 0.6) is 0 Å². The van der Waals surface area contributed by atoms with Crippen LogP contribution in [-0.2, 0) is 14.8 Å². The highest BCUT2D eigenvalue weighted by Gasteiger charge is 2.33. The van der Waals surface area contributed by atoms with E-state index in [1.807, 2.05) is 26.0 Å². The van der Waals surface area contributed by atoms with Crippen LogP contribution in [0.3, 0.4) is 0 Å². The predicted octanol–water partition coefficient (Wildman–Crippen LogP) is 3.05. The van der Waals surface area contributed by atoms with Crippen LogP contribution in [0, 0.1) is 12.8 Å². The molecule has 1 aliphatic rings. The van der Waals surface area contributed by atoms with Crippen molar-refractivity contribution < 1.29 is 13.2 Å². The van der Waals surface area contributed by atoms with Gasteiger partial charge in [0.05, 0.1) is 4.90 Å². The van der Waals surface area contributed by atoms with E-state index < -0.39 is 10.0 Å². The molecule has 0 N–H and O–H groups in total. The lowest BCUT2D eigenvalue weighted by molar-refractivity contribution is -0.114. The Hall–Kier alpha value is -1.88. The van der Waals surface area contributed by atoms with Crippen LogP contribution in [0.15, 0.2) is 53.1 Å². The maximum Gasteiger partial charge on any atom is 0.263 e. The molecule has 0 unspecified atom stereocenters. The molecular weight excluding hydrogens is 298 g/mol. The second-order valence-electron chi connectivity index (χ2n) is 5.53. The number of carbonyl (C=O) groups excluding carboxylic acids is 1. The van der Waals surface area contributed by atoms with E-state index in [1.165, 1.54) is 17.4 Å². The van der Waals surface area contributed by atoms with Crippen LogP contribution in [-0.4, -0.2) is 25.1 Å². The molecule has 1 aromatic rings. The van der Waals surface area contributed by atoms with E-state index in [4.69, 9.17) is 0 Å². The Morgan fingerprint density at radius 1 is 1.32 bits per heavy atom. The van der Waals surface area contributed by atoms with Gasteiger partial charge in [0.2, 0.25) is 0 Å². The average Bonchev–Trinajstić information content (AvgIpc) is 2.90. The van der Waals surface area contributed by atoms with E-state index in [0.717, 1.165) is 5.56 Å². The predicted molar refractivity (Wildman–Crippen MR) is 86.8 cm³/mol. The average molecular weight is 319 g/mol. The molecule has 4 nitrogen and oxygen atoms in total. The second kappa shape index (κ2) is 6.48. The van der Waals surface area contributed by atoms with E-state index in [-0.39, 0.29) is 16.6 Å². The van der Waals surface area contributed by atoms with E-state index in [9.17, 15) is 13.2 Å². The number of rotatable bonds is 5. The maximum atomic E-state index is 12.7. The van der Waals surface area contributed by atoms with Crippen molar-refractivity contribution in [3.63, 3.8) is 0 Å². The minimum absolute atomic E-state index is 0.0730. The number of sulfonamides is 1. The van der Waals surface area contributed by atoms with Gasteiger partial charge in [-0.3, -0.25) is 9.10 Å². The zero-order chi connectivity index (χ0) is 16.3. The maximum absolute atomic E-state index is 12.7. The summed E-state index contributed by atoms with van der Waals surface area (Å²) in [6.45, 7) is 5.62. The van der Waals surface area contributed by atoms with Gasteiger partial charge in [0.1, 0.15) is 0 Å². The van der Waals surface area contributed by atoms with Crippen LogP contribution >= 0.6 is 0 Å². The van der Waals surface area contributed by atoms with Crippen molar-refractivity contribution in [2.24, 2.45) is 5.92 Å². The standard InChI is InChI=1S/C17H21NO3S/c1-4-5-6-15-11-18(12-17(15)14(3)19)22(20,21)16-9-7-13(2)8-10-16/h4-5,7-10,12,15H,6,11H2,1-3H3/b5-4+/t15-/m1/s1. The van der Waals surface area contributed by atoms with Gasteiger partial charge in [-0.05, 0) is 39.3 Å². The topological polar surface area (TPSA) is 54.5 Å². The quantitative estimate of drug-likeness (QED) is 0.784. The normalized spacial score (nSPS) is 18.8. The summed E-state index contributed by atoms with van der Waals surface area (Å²) >= 11 is 0. The summed E-state index contributed by atoms with van der Waals surface area (Å²) in [5.74, 6) is -0.148. The van der Waals surface area contributed by atoms with E-state index in [1.54, 1.807) is 24.3 Å². The van der Waals surface area contributed by atoms with E-state index in [0.29, 0.717) is 18.5 Å². The minimum Gasteiger partial charge on any atom is -0.295 e. The lowest BCUT2D eigenvalue weighted by Gasteiger charge is -2.18. The number of allylic oxidation sites excluding steroid dienone is 2. The van der Waals surface area contributed by atoms with Crippen molar-refractivity contribution in [3.8, 4) is 0 Å². The molecule has 1 aliphatic heterocycles. The summed E-state index contributed by atoms with van der Waals surface area (Å²) < 4.78 is 26.7. The van der Waals surface area contributed by atoms with Gasteiger partial charge < -0.3 is 0 Å². The van der Waals surface area contributed by atoms with Gasteiger partial charge in [0.25, 0.3) is 10.0 Å². The third kappa shape index (κ3) is 3.30. The van der Waals surface area contributed by atoms with Gasteiger partial charge >= 0.3 is 0 Å². The van der Waals surface area contributed by atoms with Crippen LogP contribution < -0.4 is 0 Å². The summed E-state index contributed by atoms with van der Waals surface area (Å²) in [6, 6.07) is 6.75. The van der Waals surface area contributed by atoms with Crippen LogP contribution in [0.2, 0.25) is 0 Å². The molecule has 0 radical (unpaired) electrons. The van der Waals surface area contributed by atoms with Crippen molar-refractivity contribution in [1.82, 2.24) is 4.31 Å². The highest BCUT2D eigenvalue weighted by Crippen LogP contribution is 2.30. The smallest absolute Gasteiger partial charge is 0.263 e. The highest BCUT2D eigenvalue weighted by atomic mass is 32.2. The van der Waals surface area contributed by atoms with Crippen molar-refractivity contribution in [1.29, 1.82) is 0 Å². The lowest BCUT2D eigenvalue weighted by atomic mass is 9.96. The van der Waals surface area contributed by atoms with Crippen molar-refractivity contribution in [3.05, 3.63) is 53.8 Å². The molecule has 1 atom stereocenters. The Balaban J connectivity index is 2.32. The minimum atomic E-state index is -3.60. The number of carbonyl (C=O) groups is 1. The van der Waals surface area contributed by atoms with E-state index in [2.05, 4.69) is 0 Å². The summed E-state index contributed by atoms with van der Waals surface area (Å²) in [4.78, 5) is 12.0. The largest absolute Gasteiger partial charge is 0.295 e. The lowest BCUT2D eigenvalue weighted by Crippen LogP contribution is -2.26. The third-order valence-corrected chi connectivity index (χ3v) is 5.55. The van der Waals surface area contributed by atoms with Gasteiger partial charge in [-0.2, -0.15) is 0 Å².